The molecule has 1 aromatic carbocycles. The average Bonchev–Trinajstić information content (AvgIpc) is 3.23. The van der Waals surface area contributed by atoms with E-state index in [0.717, 1.165) is 18.4 Å². The SMILES string of the molecule is COc1ccc(C2C(C(=O)CC(C)C)=C(O)C(=O)N2CC2CCCO2)cc1. The second kappa shape index (κ2) is 8.13. The summed E-state index contributed by atoms with van der Waals surface area (Å²) in [6.07, 6.45) is 2.04. The van der Waals surface area contributed by atoms with Gasteiger partial charge < -0.3 is 19.5 Å². The van der Waals surface area contributed by atoms with Gasteiger partial charge in [0.2, 0.25) is 0 Å². The fourth-order valence-corrected chi connectivity index (χ4v) is 3.75. The van der Waals surface area contributed by atoms with Gasteiger partial charge in [-0.05, 0) is 36.5 Å². The molecule has 1 saturated heterocycles. The molecule has 146 valence electrons. The number of hydrogen-bond acceptors (Lipinski definition) is 5. The van der Waals surface area contributed by atoms with Crippen LogP contribution in [0.3, 0.4) is 0 Å². The quantitative estimate of drug-likeness (QED) is 0.794. The molecule has 1 N–H and O–H groups in total. The molecule has 0 aromatic heterocycles. The van der Waals surface area contributed by atoms with E-state index in [1.165, 1.54) is 0 Å². The zero-order chi connectivity index (χ0) is 19.6. The van der Waals surface area contributed by atoms with Crippen LogP contribution in [0.15, 0.2) is 35.6 Å². The van der Waals surface area contributed by atoms with Crippen molar-refractivity contribution >= 4 is 11.7 Å². The average molecular weight is 373 g/mol. The molecule has 0 radical (unpaired) electrons. The van der Waals surface area contributed by atoms with Crippen molar-refractivity contribution in [1.82, 2.24) is 4.90 Å². The van der Waals surface area contributed by atoms with Crippen LogP contribution in [-0.4, -0.2) is 48.1 Å². The molecule has 0 bridgehead atoms. The minimum absolute atomic E-state index is 0.0675. The lowest BCUT2D eigenvalue weighted by Crippen LogP contribution is -2.37. The summed E-state index contributed by atoms with van der Waals surface area (Å²) in [5.74, 6) is -0.293. The fourth-order valence-electron chi connectivity index (χ4n) is 3.75. The van der Waals surface area contributed by atoms with Gasteiger partial charge in [0.1, 0.15) is 5.75 Å². The molecule has 3 rings (SSSR count). The summed E-state index contributed by atoms with van der Waals surface area (Å²) in [7, 11) is 1.58. The Hall–Kier alpha value is -2.34. The molecule has 6 heteroatoms. The van der Waals surface area contributed by atoms with Crippen molar-refractivity contribution in [3.8, 4) is 5.75 Å². The minimum atomic E-state index is -0.598. The van der Waals surface area contributed by atoms with Crippen molar-refractivity contribution < 1.29 is 24.2 Å². The first-order valence-corrected chi connectivity index (χ1v) is 9.45. The van der Waals surface area contributed by atoms with Crippen molar-refractivity contribution in [1.29, 1.82) is 0 Å². The maximum absolute atomic E-state index is 12.8. The molecular formula is C21H27NO5. The van der Waals surface area contributed by atoms with Crippen molar-refractivity contribution in [2.24, 2.45) is 5.92 Å². The number of aliphatic hydroxyl groups excluding tert-OH is 1. The van der Waals surface area contributed by atoms with E-state index < -0.39 is 17.7 Å². The monoisotopic (exact) mass is 373 g/mol. The third kappa shape index (κ3) is 4.00. The number of ketones is 1. The molecule has 2 atom stereocenters. The second-order valence-corrected chi connectivity index (χ2v) is 7.55. The zero-order valence-electron chi connectivity index (χ0n) is 16.1. The Morgan fingerprint density at radius 2 is 2.04 bits per heavy atom. The number of hydrogen-bond donors (Lipinski definition) is 1. The number of rotatable bonds is 7. The molecule has 1 aromatic rings. The van der Waals surface area contributed by atoms with Gasteiger partial charge in [-0.3, -0.25) is 9.59 Å². The Bertz CT molecular complexity index is 731. The van der Waals surface area contributed by atoms with E-state index in [0.29, 0.717) is 18.9 Å². The molecule has 2 unspecified atom stereocenters. The standard InChI is InChI=1S/C21H27NO5/c1-13(2)11-17(23)18-19(14-6-8-15(26-3)9-7-14)22(21(25)20(18)24)12-16-5-4-10-27-16/h6-9,13,16,19,24H,4-5,10-12H2,1-3H3. The predicted molar refractivity (Wildman–Crippen MR) is 101 cm³/mol. The minimum Gasteiger partial charge on any atom is -0.503 e. The first kappa shape index (κ1) is 19.4. The Morgan fingerprint density at radius 1 is 1.33 bits per heavy atom. The van der Waals surface area contributed by atoms with Gasteiger partial charge in [-0.25, -0.2) is 0 Å². The number of benzene rings is 1. The summed E-state index contributed by atoms with van der Waals surface area (Å²) in [5, 5.41) is 10.5. The summed E-state index contributed by atoms with van der Waals surface area (Å²) >= 11 is 0. The Kier molecular flexibility index (Phi) is 5.85. The van der Waals surface area contributed by atoms with Crippen LogP contribution in [-0.2, 0) is 14.3 Å². The third-order valence-corrected chi connectivity index (χ3v) is 5.05. The number of carbonyl (C=O) groups is 2. The van der Waals surface area contributed by atoms with Crippen molar-refractivity contribution in [2.75, 3.05) is 20.3 Å². The van der Waals surface area contributed by atoms with Crippen LogP contribution in [0, 0.1) is 5.92 Å². The lowest BCUT2D eigenvalue weighted by atomic mass is 9.92. The van der Waals surface area contributed by atoms with Crippen LogP contribution in [0.1, 0.15) is 44.7 Å². The number of ether oxygens (including phenoxy) is 2. The first-order valence-electron chi connectivity index (χ1n) is 9.45. The van der Waals surface area contributed by atoms with Crippen LogP contribution >= 0.6 is 0 Å². The van der Waals surface area contributed by atoms with Crippen LogP contribution in [0.4, 0.5) is 0 Å². The smallest absolute Gasteiger partial charge is 0.290 e. The van der Waals surface area contributed by atoms with Gasteiger partial charge in [0.25, 0.3) is 5.91 Å². The van der Waals surface area contributed by atoms with Crippen molar-refractivity contribution in [3.63, 3.8) is 0 Å². The Balaban J connectivity index is 1.97. The molecule has 1 fully saturated rings. The highest BCUT2D eigenvalue weighted by atomic mass is 16.5. The van der Waals surface area contributed by atoms with Crippen molar-refractivity contribution in [3.05, 3.63) is 41.2 Å². The molecule has 27 heavy (non-hydrogen) atoms. The normalized spacial score (nSPS) is 22.8. The number of nitrogens with zero attached hydrogens (tertiary/aromatic N) is 1. The van der Waals surface area contributed by atoms with E-state index in [-0.39, 0.29) is 29.8 Å². The number of amides is 1. The Labute approximate surface area is 159 Å². The molecule has 1 amide bonds. The topological polar surface area (TPSA) is 76.1 Å². The summed E-state index contributed by atoms with van der Waals surface area (Å²) in [4.78, 5) is 27.2. The van der Waals surface area contributed by atoms with Crippen LogP contribution < -0.4 is 4.74 Å². The van der Waals surface area contributed by atoms with E-state index in [4.69, 9.17) is 9.47 Å². The van der Waals surface area contributed by atoms with E-state index in [2.05, 4.69) is 0 Å². The maximum atomic E-state index is 12.8. The Morgan fingerprint density at radius 3 is 2.59 bits per heavy atom. The van der Waals surface area contributed by atoms with Gasteiger partial charge in [0, 0.05) is 19.6 Å². The van der Waals surface area contributed by atoms with Gasteiger partial charge in [0.15, 0.2) is 11.5 Å². The summed E-state index contributed by atoms with van der Waals surface area (Å²) in [6, 6.07) is 6.66. The molecule has 6 nitrogen and oxygen atoms in total. The molecule has 0 aliphatic carbocycles. The maximum Gasteiger partial charge on any atom is 0.290 e. The van der Waals surface area contributed by atoms with Gasteiger partial charge >= 0.3 is 0 Å². The van der Waals surface area contributed by atoms with Gasteiger partial charge in [-0.2, -0.15) is 0 Å². The highest BCUT2D eigenvalue weighted by molar-refractivity contribution is 6.09. The highest BCUT2D eigenvalue weighted by Gasteiger charge is 2.44. The number of carbonyl (C=O) groups excluding carboxylic acids is 2. The number of methoxy groups -OCH3 is 1. The van der Waals surface area contributed by atoms with Gasteiger partial charge in [0.05, 0.1) is 24.8 Å². The molecule has 0 saturated carbocycles. The molecular weight excluding hydrogens is 346 g/mol. The van der Waals surface area contributed by atoms with E-state index in [1.807, 2.05) is 26.0 Å². The van der Waals surface area contributed by atoms with E-state index in [1.54, 1.807) is 24.1 Å². The summed E-state index contributed by atoms with van der Waals surface area (Å²) < 4.78 is 10.9. The first-order chi connectivity index (χ1) is 12.9. The molecule has 2 heterocycles. The highest BCUT2D eigenvalue weighted by Crippen LogP contribution is 2.39. The van der Waals surface area contributed by atoms with Gasteiger partial charge in [-0.15, -0.1) is 0 Å². The lowest BCUT2D eigenvalue weighted by molar-refractivity contribution is -0.131. The lowest BCUT2D eigenvalue weighted by Gasteiger charge is -2.29. The third-order valence-electron chi connectivity index (χ3n) is 5.05. The van der Waals surface area contributed by atoms with Gasteiger partial charge in [-0.1, -0.05) is 26.0 Å². The van der Waals surface area contributed by atoms with E-state index in [9.17, 15) is 14.7 Å². The predicted octanol–water partition coefficient (Wildman–Crippen LogP) is 3.18. The fraction of sp³-hybridized carbons (Fsp3) is 0.524. The summed E-state index contributed by atoms with van der Waals surface area (Å²) in [5.41, 5.74) is 0.968. The zero-order valence-corrected chi connectivity index (χ0v) is 16.1. The molecule has 2 aliphatic rings. The van der Waals surface area contributed by atoms with E-state index >= 15 is 0 Å². The molecule has 0 spiro atoms. The van der Waals surface area contributed by atoms with Crippen LogP contribution in [0.25, 0.3) is 0 Å². The van der Waals surface area contributed by atoms with Crippen molar-refractivity contribution in [2.45, 2.75) is 45.3 Å². The summed E-state index contributed by atoms with van der Waals surface area (Å²) in [6.45, 7) is 4.92. The number of aliphatic hydroxyl groups is 1. The van der Waals surface area contributed by atoms with Crippen LogP contribution in [0.2, 0.25) is 0 Å². The largest absolute Gasteiger partial charge is 0.503 e. The molecule has 2 aliphatic heterocycles. The number of Topliss-reactive ketones (excluding diaryl/α,β-unsaturated/α-hetero) is 1. The second-order valence-electron chi connectivity index (χ2n) is 7.55. The van der Waals surface area contributed by atoms with Crippen LogP contribution in [0.5, 0.6) is 5.75 Å².